The Morgan fingerprint density at radius 2 is 1.95 bits per heavy atom. The van der Waals surface area contributed by atoms with Crippen molar-refractivity contribution < 1.29 is 19.4 Å². The molecule has 0 bridgehead atoms. The minimum Gasteiger partial charge on any atom is -0.497 e. The second-order valence-corrected chi connectivity index (χ2v) is 4.38. The highest BCUT2D eigenvalue weighted by Crippen LogP contribution is 2.25. The summed E-state index contributed by atoms with van der Waals surface area (Å²) in [6, 6.07) is 5.55. The summed E-state index contributed by atoms with van der Waals surface area (Å²) < 4.78 is 10.5. The van der Waals surface area contributed by atoms with E-state index in [4.69, 9.17) is 14.6 Å². The molecule has 0 saturated carbocycles. The average Bonchev–Trinajstić information content (AvgIpc) is 2.52. The smallest absolute Gasteiger partial charge is 0.354 e. The number of hydrogen-bond donors (Lipinski definition) is 1. The summed E-state index contributed by atoms with van der Waals surface area (Å²) >= 11 is 0. The summed E-state index contributed by atoms with van der Waals surface area (Å²) in [5.74, 6) is 0.377. The third kappa shape index (κ3) is 3.47. The Kier molecular flexibility index (Phi) is 4.71. The lowest BCUT2D eigenvalue weighted by Crippen LogP contribution is -2.07. The monoisotopic (exact) mass is 288 g/mol. The van der Waals surface area contributed by atoms with E-state index in [0.717, 1.165) is 5.56 Å². The number of methoxy groups -OCH3 is 2. The Hall–Kier alpha value is -2.63. The second kappa shape index (κ2) is 6.69. The predicted molar refractivity (Wildman–Crippen MR) is 75.9 cm³/mol. The van der Waals surface area contributed by atoms with Gasteiger partial charge >= 0.3 is 5.97 Å². The van der Waals surface area contributed by atoms with Crippen LogP contribution in [0.3, 0.4) is 0 Å². The third-order valence-electron chi connectivity index (χ3n) is 3.15. The van der Waals surface area contributed by atoms with Gasteiger partial charge in [-0.05, 0) is 24.5 Å². The third-order valence-corrected chi connectivity index (χ3v) is 3.15. The molecule has 2 aromatic rings. The number of ether oxygens (including phenoxy) is 2. The molecule has 1 N–H and O–H groups in total. The van der Waals surface area contributed by atoms with Gasteiger partial charge in [-0.1, -0.05) is 6.07 Å². The molecule has 0 fully saturated rings. The quantitative estimate of drug-likeness (QED) is 0.875. The average molecular weight is 288 g/mol. The molecule has 110 valence electrons. The maximum atomic E-state index is 11.1. The number of rotatable bonds is 6. The van der Waals surface area contributed by atoms with Crippen molar-refractivity contribution in [3.05, 3.63) is 47.5 Å². The van der Waals surface area contributed by atoms with Gasteiger partial charge in [-0.15, -0.1) is 0 Å². The number of aromatic carboxylic acids is 1. The van der Waals surface area contributed by atoms with Gasteiger partial charge in [-0.3, -0.25) is 0 Å². The van der Waals surface area contributed by atoms with Gasteiger partial charge in [0.2, 0.25) is 0 Å². The van der Waals surface area contributed by atoms with Gasteiger partial charge in [0.05, 0.1) is 14.2 Å². The number of aromatic nitrogens is 2. The molecule has 1 aromatic heterocycles. The lowest BCUT2D eigenvalue weighted by Gasteiger charge is -2.10. The number of carbonyl (C=O) groups is 1. The van der Waals surface area contributed by atoms with Gasteiger partial charge in [-0.2, -0.15) is 0 Å². The topological polar surface area (TPSA) is 81.5 Å². The lowest BCUT2D eigenvalue weighted by atomic mass is 10.0. The maximum absolute atomic E-state index is 11.1. The van der Waals surface area contributed by atoms with E-state index in [2.05, 4.69) is 9.97 Å². The van der Waals surface area contributed by atoms with Crippen LogP contribution in [-0.2, 0) is 12.8 Å². The fraction of sp³-hybridized carbons (Fsp3) is 0.267. The summed E-state index contributed by atoms with van der Waals surface area (Å²) in [5, 5.41) is 9.10. The molecular weight excluding hydrogens is 272 g/mol. The van der Waals surface area contributed by atoms with Crippen molar-refractivity contribution in [2.45, 2.75) is 12.8 Å². The molecule has 0 aliphatic rings. The van der Waals surface area contributed by atoms with Crippen molar-refractivity contribution in [2.75, 3.05) is 14.2 Å². The van der Waals surface area contributed by atoms with Crippen LogP contribution in [0, 0.1) is 0 Å². The van der Waals surface area contributed by atoms with Crippen LogP contribution in [0.1, 0.15) is 21.6 Å². The zero-order valence-electron chi connectivity index (χ0n) is 11.9. The molecule has 0 amide bonds. The van der Waals surface area contributed by atoms with Gasteiger partial charge in [0, 0.05) is 17.8 Å². The summed E-state index contributed by atoms with van der Waals surface area (Å²) in [4.78, 5) is 18.8. The highest BCUT2D eigenvalue weighted by Gasteiger charge is 2.13. The summed E-state index contributed by atoms with van der Waals surface area (Å²) in [6.07, 6.45) is 3.92. The van der Waals surface area contributed by atoms with Crippen molar-refractivity contribution in [1.82, 2.24) is 9.97 Å². The van der Waals surface area contributed by atoms with Gasteiger partial charge in [-0.25, -0.2) is 14.8 Å². The number of carboxylic acids is 1. The van der Waals surface area contributed by atoms with E-state index in [1.54, 1.807) is 20.3 Å². The van der Waals surface area contributed by atoms with E-state index in [9.17, 15) is 4.79 Å². The molecule has 0 saturated heterocycles. The standard InChI is InChI=1S/C15H16N2O4/c1-20-12-6-5-10(13(7-12)21-2)3-4-11-8-16-9-17-14(11)15(18)19/h5-9H,3-4H2,1-2H3,(H,18,19). The van der Waals surface area contributed by atoms with Gasteiger partial charge < -0.3 is 14.6 Å². The second-order valence-electron chi connectivity index (χ2n) is 4.38. The predicted octanol–water partition coefficient (Wildman–Crippen LogP) is 1.98. The number of nitrogens with zero attached hydrogens (tertiary/aromatic N) is 2. The molecule has 0 unspecified atom stereocenters. The van der Waals surface area contributed by atoms with Gasteiger partial charge in [0.25, 0.3) is 0 Å². The molecule has 0 atom stereocenters. The number of hydrogen-bond acceptors (Lipinski definition) is 5. The Balaban J connectivity index is 2.19. The molecular formula is C15H16N2O4. The summed E-state index contributed by atoms with van der Waals surface area (Å²) in [6.45, 7) is 0. The van der Waals surface area contributed by atoms with Gasteiger partial charge in [0.1, 0.15) is 17.8 Å². The Morgan fingerprint density at radius 1 is 1.19 bits per heavy atom. The molecule has 0 aliphatic heterocycles. The molecule has 0 radical (unpaired) electrons. The Morgan fingerprint density at radius 3 is 2.62 bits per heavy atom. The molecule has 0 aliphatic carbocycles. The number of aryl methyl sites for hydroxylation is 2. The normalized spacial score (nSPS) is 10.2. The van der Waals surface area contributed by atoms with E-state index >= 15 is 0 Å². The fourth-order valence-corrected chi connectivity index (χ4v) is 2.06. The first-order valence-corrected chi connectivity index (χ1v) is 6.38. The summed E-state index contributed by atoms with van der Waals surface area (Å²) in [7, 11) is 3.18. The highest BCUT2D eigenvalue weighted by molar-refractivity contribution is 5.86. The summed E-state index contributed by atoms with van der Waals surface area (Å²) in [5.41, 5.74) is 1.61. The van der Waals surface area contributed by atoms with E-state index in [0.29, 0.717) is 29.9 Å². The van der Waals surface area contributed by atoms with Crippen molar-refractivity contribution in [3.63, 3.8) is 0 Å². The van der Waals surface area contributed by atoms with Crippen LogP contribution >= 0.6 is 0 Å². The first kappa shape index (κ1) is 14.8. The van der Waals surface area contributed by atoms with Crippen LogP contribution < -0.4 is 9.47 Å². The molecule has 6 nitrogen and oxygen atoms in total. The highest BCUT2D eigenvalue weighted by atomic mass is 16.5. The molecule has 21 heavy (non-hydrogen) atoms. The first-order chi connectivity index (χ1) is 10.2. The van der Waals surface area contributed by atoms with Crippen molar-refractivity contribution >= 4 is 5.97 Å². The molecule has 2 rings (SSSR count). The maximum Gasteiger partial charge on any atom is 0.354 e. The number of benzene rings is 1. The van der Waals surface area contributed by atoms with Crippen molar-refractivity contribution in [2.24, 2.45) is 0 Å². The van der Waals surface area contributed by atoms with Crippen LogP contribution in [0.5, 0.6) is 11.5 Å². The van der Waals surface area contributed by atoms with E-state index in [1.165, 1.54) is 12.5 Å². The molecule has 1 heterocycles. The van der Waals surface area contributed by atoms with Crippen LogP contribution in [0.15, 0.2) is 30.7 Å². The number of carboxylic acid groups (broad SMARTS) is 1. The largest absolute Gasteiger partial charge is 0.497 e. The van der Waals surface area contributed by atoms with E-state index in [-0.39, 0.29) is 5.69 Å². The van der Waals surface area contributed by atoms with Crippen molar-refractivity contribution in [1.29, 1.82) is 0 Å². The lowest BCUT2D eigenvalue weighted by molar-refractivity contribution is 0.0689. The van der Waals surface area contributed by atoms with Gasteiger partial charge in [0.15, 0.2) is 5.69 Å². The fourth-order valence-electron chi connectivity index (χ4n) is 2.06. The van der Waals surface area contributed by atoms with Crippen LogP contribution in [0.2, 0.25) is 0 Å². The van der Waals surface area contributed by atoms with Crippen LogP contribution in [-0.4, -0.2) is 35.3 Å². The molecule has 6 heteroatoms. The molecule has 1 aromatic carbocycles. The van der Waals surface area contributed by atoms with Crippen molar-refractivity contribution in [3.8, 4) is 11.5 Å². The molecule has 0 spiro atoms. The minimum absolute atomic E-state index is 0.0393. The van der Waals surface area contributed by atoms with E-state index in [1.807, 2.05) is 12.1 Å². The Bertz CT molecular complexity index is 643. The van der Waals surface area contributed by atoms with Crippen LogP contribution in [0.25, 0.3) is 0 Å². The first-order valence-electron chi connectivity index (χ1n) is 6.38. The zero-order valence-corrected chi connectivity index (χ0v) is 11.9. The van der Waals surface area contributed by atoms with Crippen LogP contribution in [0.4, 0.5) is 0 Å². The SMILES string of the molecule is COc1ccc(CCc2cncnc2C(=O)O)c(OC)c1. The Labute approximate surface area is 122 Å². The minimum atomic E-state index is -1.05. The zero-order chi connectivity index (χ0) is 15.2. The van der Waals surface area contributed by atoms with E-state index < -0.39 is 5.97 Å².